The summed E-state index contributed by atoms with van der Waals surface area (Å²) >= 11 is 0. The SMILES string of the molecule is N#Cc1ccc(-c2ccc(-n3c4c(c5cc6c7ccccc7n(-c7ccccc7)c6cc53)/C=C\CC#CC4)c(C3=C(n4c5ccccc5c5cc6c7ccccc7n(-c7ccccc7)c6cc54)C=CC(C#N)C3)c2)c(C(F)(F)F)c1. The molecule has 9 aromatic carbocycles. The van der Waals surface area contributed by atoms with Gasteiger partial charge in [-0.15, -0.1) is 0 Å². The molecular weight excluding hydrogens is 994 g/mol. The van der Waals surface area contributed by atoms with Gasteiger partial charge >= 0.3 is 6.18 Å². The topological polar surface area (TPSA) is 67.3 Å². The zero-order chi connectivity index (χ0) is 53.8. The third-order valence-corrected chi connectivity index (χ3v) is 16.2. The summed E-state index contributed by atoms with van der Waals surface area (Å²) < 4.78 is 55.2. The zero-order valence-corrected chi connectivity index (χ0v) is 42.8. The maximum atomic E-state index is 15.4. The summed E-state index contributed by atoms with van der Waals surface area (Å²) in [5, 5.41) is 28.3. The zero-order valence-electron chi connectivity index (χ0n) is 42.8. The van der Waals surface area contributed by atoms with Crippen molar-refractivity contribution in [3.8, 4) is 52.2 Å². The van der Waals surface area contributed by atoms with E-state index >= 15 is 13.2 Å². The Morgan fingerprint density at radius 1 is 0.487 bits per heavy atom. The number of rotatable bonds is 6. The van der Waals surface area contributed by atoms with Crippen molar-refractivity contribution in [1.82, 2.24) is 18.3 Å². The van der Waals surface area contributed by atoms with Gasteiger partial charge in [0.1, 0.15) is 0 Å². The maximum absolute atomic E-state index is 15.4. The second kappa shape index (κ2) is 18.0. The van der Waals surface area contributed by atoms with Crippen LogP contribution in [0.4, 0.5) is 13.2 Å². The van der Waals surface area contributed by atoms with Crippen LogP contribution in [-0.2, 0) is 12.6 Å². The van der Waals surface area contributed by atoms with E-state index in [1.54, 1.807) is 6.07 Å². The Balaban J connectivity index is 1.09. The molecule has 4 aromatic heterocycles. The molecule has 1 atom stereocenters. The molecule has 1 unspecified atom stereocenters. The Kier molecular flexibility index (Phi) is 10.5. The summed E-state index contributed by atoms with van der Waals surface area (Å²) in [5.41, 5.74) is 13.1. The lowest BCUT2D eigenvalue weighted by atomic mass is 9.85. The van der Waals surface area contributed by atoms with Crippen LogP contribution in [0.25, 0.3) is 122 Å². The number of aromatic nitrogens is 4. The predicted octanol–water partition coefficient (Wildman–Crippen LogP) is 17.9. The van der Waals surface area contributed by atoms with Crippen molar-refractivity contribution in [2.45, 2.75) is 25.4 Å². The first kappa shape index (κ1) is 46.7. The van der Waals surface area contributed by atoms with Crippen LogP contribution in [0.3, 0.4) is 0 Å². The minimum atomic E-state index is -4.78. The van der Waals surface area contributed by atoms with Crippen LogP contribution in [0.5, 0.6) is 0 Å². The van der Waals surface area contributed by atoms with E-state index in [1.165, 1.54) is 12.1 Å². The predicted molar refractivity (Wildman–Crippen MR) is 318 cm³/mol. The molecule has 2 aliphatic carbocycles. The number of allylic oxidation sites excluding steroid dienone is 5. The molecule has 4 heterocycles. The van der Waals surface area contributed by atoms with E-state index in [-0.39, 0.29) is 17.5 Å². The summed E-state index contributed by atoms with van der Waals surface area (Å²) in [6, 6.07) is 68.8. The summed E-state index contributed by atoms with van der Waals surface area (Å²) in [6.07, 6.45) is 4.71. The van der Waals surface area contributed by atoms with Gasteiger partial charge in [0.15, 0.2) is 0 Å². The van der Waals surface area contributed by atoms with Gasteiger partial charge in [-0.1, -0.05) is 133 Å². The van der Waals surface area contributed by atoms with Crippen molar-refractivity contribution in [3.05, 3.63) is 240 Å². The number of para-hydroxylation sites is 5. The van der Waals surface area contributed by atoms with Crippen LogP contribution in [0.1, 0.15) is 40.8 Å². The molecule has 0 bridgehead atoms. The molecule has 0 spiro atoms. The first-order valence-corrected chi connectivity index (χ1v) is 26.6. The van der Waals surface area contributed by atoms with E-state index in [0.717, 1.165) is 122 Å². The number of nitriles is 2. The third-order valence-electron chi connectivity index (χ3n) is 16.2. The molecule has 0 N–H and O–H groups in total. The van der Waals surface area contributed by atoms with E-state index in [9.17, 15) is 10.5 Å². The van der Waals surface area contributed by atoms with Gasteiger partial charge in [0.2, 0.25) is 0 Å². The molecule has 0 aliphatic heterocycles. The first-order chi connectivity index (χ1) is 39.2. The van der Waals surface area contributed by atoms with E-state index in [4.69, 9.17) is 0 Å². The summed E-state index contributed by atoms with van der Waals surface area (Å²) in [4.78, 5) is 0. The van der Waals surface area contributed by atoms with Crippen LogP contribution >= 0.6 is 0 Å². The molecular formula is C71H43F3N6. The van der Waals surface area contributed by atoms with Crippen molar-refractivity contribution in [3.63, 3.8) is 0 Å². The van der Waals surface area contributed by atoms with Crippen LogP contribution in [0.2, 0.25) is 0 Å². The van der Waals surface area contributed by atoms with Gasteiger partial charge in [-0.05, 0) is 120 Å². The molecule has 2 aliphatic rings. The molecule has 0 radical (unpaired) electrons. The minimum absolute atomic E-state index is 0.0572. The van der Waals surface area contributed by atoms with Gasteiger partial charge in [-0.25, -0.2) is 0 Å². The van der Waals surface area contributed by atoms with Crippen molar-refractivity contribution < 1.29 is 13.2 Å². The highest BCUT2D eigenvalue weighted by Gasteiger charge is 2.35. The molecule has 15 rings (SSSR count). The fourth-order valence-electron chi connectivity index (χ4n) is 12.8. The van der Waals surface area contributed by atoms with E-state index in [0.29, 0.717) is 24.0 Å². The Morgan fingerprint density at radius 3 is 1.65 bits per heavy atom. The maximum Gasteiger partial charge on any atom is 0.417 e. The highest BCUT2D eigenvalue weighted by molar-refractivity contribution is 6.21. The Bertz CT molecular complexity index is 5050. The molecule has 0 saturated heterocycles. The highest BCUT2D eigenvalue weighted by atomic mass is 19.4. The number of nitrogens with zero attached hydrogens (tertiary/aromatic N) is 6. The van der Waals surface area contributed by atoms with Gasteiger partial charge in [-0.3, -0.25) is 0 Å². The molecule has 9 heteroatoms. The lowest BCUT2D eigenvalue weighted by Crippen LogP contribution is -2.12. The molecule has 6 nitrogen and oxygen atoms in total. The highest BCUT2D eigenvalue weighted by Crippen LogP contribution is 2.48. The fraction of sp³-hybridized carbons (Fsp3) is 0.0704. The van der Waals surface area contributed by atoms with E-state index < -0.39 is 17.7 Å². The number of hydrogen-bond acceptors (Lipinski definition) is 2. The molecule has 0 saturated carbocycles. The smallest absolute Gasteiger partial charge is 0.311 e. The van der Waals surface area contributed by atoms with Gasteiger partial charge in [0, 0.05) is 78.0 Å². The van der Waals surface area contributed by atoms with Crippen LogP contribution < -0.4 is 0 Å². The van der Waals surface area contributed by atoms with Crippen LogP contribution in [0, 0.1) is 40.4 Å². The molecule has 80 heavy (non-hydrogen) atoms. The summed E-state index contributed by atoms with van der Waals surface area (Å²) in [5.74, 6) is 6.24. The Morgan fingerprint density at radius 2 is 1.05 bits per heavy atom. The van der Waals surface area contributed by atoms with Crippen molar-refractivity contribution >= 4 is 93.7 Å². The molecule has 0 fully saturated rings. The largest absolute Gasteiger partial charge is 0.417 e. The van der Waals surface area contributed by atoms with Gasteiger partial charge in [0.05, 0.1) is 79.9 Å². The van der Waals surface area contributed by atoms with Crippen LogP contribution in [0.15, 0.2) is 212 Å². The first-order valence-electron chi connectivity index (χ1n) is 26.6. The van der Waals surface area contributed by atoms with Crippen molar-refractivity contribution in [2.24, 2.45) is 5.92 Å². The third kappa shape index (κ3) is 7.13. The molecule has 378 valence electrons. The summed E-state index contributed by atoms with van der Waals surface area (Å²) in [6.45, 7) is 0. The average molecular weight is 1040 g/mol. The second-order valence-corrected chi connectivity index (χ2v) is 20.6. The quantitative estimate of drug-likeness (QED) is 0.156. The summed E-state index contributed by atoms with van der Waals surface area (Å²) in [7, 11) is 0. The van der Waals surface area contributed by atoms with Gasteiger partial charge in [-0.2, -0.15) is 23.7 Å². The molecule has 13 aromatic rings. The fourth-order valence-corrected chi connectivity index (χ4v) is 12.8. The Labute approximate surface area is 457 Å². The van der Waals surface area contributed by atoms with E-state index in [1.807, 2.05) is 72.8 Å². The number of hydrogen-bond donors (Lipinski definition) is 0. The number of fused-ring (bicyclic) bond motifs is 12. The molecule has 0 amide bonds. The monoisotopic (exact) mass is 1040 g/mol. The van der Waals surface area contributed by atoms with Gasteiger partial charge in [0.25, 0.3) is 0 Å². The van der Waals surface area contributed by atoms with Crippen molar-refractivity contribution in [1.29, 1.82) is 10.5 Å². The van der Waals surface area contributed by atoms with Crippen LogP contribution in [-0.4, -0.2) is 18.3 Å². The number of benzene rings is 9. The lowest BCUT2D eigenvalue weighted by Gasteiger charge is -2.25. The number of halogens is 3. The lowest BCUT2D eigenvalue weighted by molar-refractivity contribution is -0.137. The van der Waals surface area contributed by atoms with Crippen molar-refractivity contribution in [2.75, 3.05) is 0 Å². The second-order valence-electron chi connectivity index (χ2n) is 20.6. The van der Waals surface area contributed by atoms with Gasteiger partial charge < -0.3 is 18.3 Å². The minimum Gasteiger partial charge on any atom is -0.311 e. The standard InChI is InChI=1S/C71H43F3N6/c72-71(73,74)60-36-45(43-76)29-32-49(60)46-31-34-66(80-63-25-10-2-1-9-21-52(63)58-38-56-50-22-11-14-26-61(50)78(68(56)41-70(58)80)48-19-7-4-8-20-48)55(37-46)54-35-44(42-75)30-33-65(54)79-64-28-16-13-24-53(64)59-39-57-51-23-12-15-27-62(51)77(67(57)40-69(59)79)47-17-5-3-6-18-47/h3-9,11-24,26-34,36-41,44H,1,25,35H2/b21-9-. The normalized spacial score (nSPS) is 14.9. The number of alkyl halides is 3. The Hall–Kier alpha value is -10.5. The average Bonchev–Trinajstić information content (AvgIpc) is 3.84. The van der Waals surface area contributed by atoms with E-state index in [2.05, 4.69) is 164 Å².